The van der Waals surface area contributed by atoms with Crippen LogP contribution in [0.15, 0.2) is 71.5 Å². The second-order valence-corrected chi connectivity index (χ2v) is 11.6. The molecule has 0 spiro atoms. The SMILES string of the molecule is CC(C)(C)C1=CC2=C(CC1)N(c1ccccc1)c1ccc(C(C)(C)C)cc1C2(C)C. The van der Waals surface area contributed by atoms with Gasteiger partial charge < -0.3 is 4.90 Å². The van der Waals surface area contributed by atoms with Gasteiger partial charge in [0.15, 0.2) is 0 Å². The summed E-state index contributed by atoms with van der Waals surface area (Å²) < 4.78 is 0. The molecule has 0 fully saturated rings. The van der Waals surface area contributed by atoms with Gasteiger partial charge in [-0.3, -0.25) is 0 Å². The molecule has 0 saturated heterocycles. The highest BCUT2D eigenvalue weighted by molar-refractivity contribution is 5.78. The molecular weight excluding hydrogens is 362 g/mol. The number of benzene rings is 2. The second-order valence-electron chi connectivity index (χ2n) is 11.6. The Bertz CT molecular complexity index is 1020. The maximum Gasteiger partial charge on any atom is 0.0499 e. The van der Waals surface area contributed by atoms with Crippen molar-refractivity contribution < 1.29 is 0 Å². The van der Waals surface area contributed by atoms with Gasteiger partial charge in [0.05, 0.1) is 0 Å². The van der Waals surface area contributed by atoms with Gasteiger partial charge in [-0.2, -0.15) is 0 Å². The summed E-state index contributed by atoms with van der Waals surface area (Å²) in [5.41, 5.74) is 10.3. The van der Waals surface area contributed by atoms with Crippen LogP contribution in [0.1, 0.15) is 79.4 Å². The van der Waals surface area contributed by atoms with Gasteiger partial charge >= 0.3 is 0 Å². The van der Waals surface area contributed by atoms with Gasteiger partial charge in [-0.15, -0.1) is 0 Å². The molecule has 1 aliphatic carbocycles. The first-order chi connectivity index (χ1) is 13.9. The van der Waals surface area contributed by atoms with Gasteiger partial charge in [-0.1, -0.05) is 97.4 Å². The van der Waals surface area contributed by atoms with Crippen LogP contribution in [0, 0.1) is 5.41 Å². The van der Waals surface area contributed by atoms with Gasteiger partial charge in [0, 0.05) is 22.5 Å². The lowest BCUT2D eigenvalue weighted by Crippen LogP contribution is -2.36. The Morgan fingerprint density at radius 1 is 0.800 bits per heavy atom. The summed E-state index contributed by atoms with van der Waals surface area (Å²) in [6, 6.07) is 18.0. The molecule has 0 aromatic heterocycles. The first-order valence-corrected chi connectivity index (χ1v) is 11.4. The molecule has 158 valence electrons. The zero-order valence-corrected chi connectivity index (χ0v) is 20.1. The van der Waals surface area contributed by atoms with Crippen LogP contribution in [0.25, 0.3) is 0 Å². The smallest absolute Gasteiger partial charge is 0.0499 e. The van der Waals surface area contributed by atoms with Gasteiger partial charge in [-0.05, 0) is 58.6 Å². The average Bonchev–Trinajstić information content (AvgIpc) is 2.67. The third-order valence-corrected chi connectivity index (χ3v) is 6.96. The fourth-order valence-electron chi connectivity index (χ4n) is 4.94. The predicted molar refractivity (Wildman–Crippen MR) is 131 cm³/mol. The number of rotatable bonds is 1. The lowest BCUT2D eigenvalue weighted by atomic mass is 9.67. The minimum absolute atomic E-state index is 0.0197. The van der Waals surface area contributed by atoms with Crippen molar-refractivity contribution >= 4 is 11.4 Å². The summed E-state index contributed by atoms with van der Waals surface area (Å²) in [6.45, 7) is 18.8. The molecule has 0 amide bonds. The summed E-state index contributed by atoms with van der Waals surface area (Å²) in [4.78, 5) is 2.53. The second kappa shape index (κ2) is 6.87. The summed E-state index contributed by atoms with van der Waals surface area (Å²) in [5.74, 6) is 0. The van der Waals surface area contributed by atoms with Crippen LogP contribution in [-0.2, 0) is 10.8 Å². The maximum absolute atomic E-state index is 2.53. The van der Waals surface area contributed by atoms with Crippen LogP contribution in [0.3, 0.4) is 0 Å². The normalized spacial score (nSPS) is 18.7. The zero-order chi connectivity index (χ0) is 21.9. The minimum Gasteiger partial charge on any atom is -0.314 e. The highest BCUT2D eigenvalue weighted by Gasteiger charge is 2.40. The Hall–Kier alpha value is -2.28. The molecule has 0 saturated carbocycles. The van der Waals surface area contributed by atoms with Crippen molar-refractivity contribution in [2.75, 3.05) is 4.90 Å². The first-order valence-electron chi connectivity index (χ1n) is 11.4. The van der Waals surface area contributed by atoms with Crippen molar-refractivity contribution in [3.05, 3.63) is 82.6 Å². The Morgan fingerprint density at radius 2 is 1.47 bits per heavy atom. The summed E-state index contributed by atoms with van der Waals surface area (Å²) >= 11 is 0. The van der Waals surface area contributed by atoms with E-state index in [0.29, 0.717) is 0 Å². The highest BCUT2D eigenvalue weighted by Crippen LogP contribution is 2.53. The van der Waals surface area contributed by atoms with E-state index in [4.69, 9.17) is 0 Å². The Kier molecular flexibility index (Phi) is 4.80. The molecule has 2 aromatic rings. The van der Waals surface area contributed by atoms with Crippen LogP contribution in [0.5, 0.6) is 0 Å². The monoisotopic (exact) mass is 399 g/mol. The third kappa shape index (κ3) is 3.43. The number of hydrogen-bond donors (Lipinski definition) is 0. The van der Waals surface area contributed by atoms with E-state index in [-0.39, 0.29) is 16.2 Å². The number of nitrogens with zero attached hydrogens (tertiary/aromatic N) is 1. The molecule has 2 aromatic carbocycles. The molecule has 1 heterocycles. The molecule has 0 atom stereocenters. The molecule has 0 bridgehead atoms. The van der Waals surface area contributed by atoms with E-state index in [1.54, 1.807) is 5.57 Å². The molecule has 0 unspecified atom stereocenters. The van der Waals surface area contributed by atoms with E-state index in [0.717, 1.165) is 12.8 Å². The van der Waals surface area contributed by atoms with Crippen LogP contribution in [0.4, 0.5) is 11.4 Å². The van der Waals surface area contributed by atoms with E-state index < -0.39 is 0 Å². The van der Waals surface area contributed by atoms with Crippen molar-refractivity contribution in [2.45, 2.75) is 79.1 Å². The zero-order valence-electron chi connectivity index (χ0n) is 20.1. The molecule has 4 rings (SSSR count). The number of para-hydroxylation sites is 1. The van der Waals surface area contributed by atoms with Gasteiger partial charge in [-0.25, -0.2) is 0 Å². The van der Waals surface area contributed by atoms with Crippen molar-refractivity contribution in [1.29, 1.82) is 0 Å². The van der Waals surface area contributed by atoms with Crippen LogP contribution >= 0.6 is 0 Å². The first kappa shape index (κ1) is 21.0. The van der Waals surface area contributed by atoms with E-state index in [2.05, 4.69) is 115 Å². The van der Waals surface area contributed by atoms with E-state index in [1.807, 2.05) is 0 Å². The molecule has 0 N–H and O–H groups in total. The van der Waals surface area contributed by atoms with Crippen molar-refractivity contribution in [3.8, 4) is 0 Å². The molecular formula is C29H37N. The van der Waals surface area contributed by atoms with Crippen molar-refractivity contribution in [2.24, 2.45) is 5.41 Å². The minimum atomic E-state index is -0.0197. The van der Waals surface area contributed by atoms with Crippen molar-refractivity contribution in [1.82, 2.24) is 0 Å². The Balaban J connectivity index is 2.00. The van der Waals surface area contributed by atoms with Gasteiger partial charge in [0.1, 0.15) is 0 Å². The molecule has 2 aliphatic rings. The lowest BCUT2D eigenvalue weighted by molar-refractivity contribution is 0.470. The van der Waals surface area contributed by atoms with Gasteiger partial charge in [0.25, 0.3) is 0 Å². The molecule has 0 radical (unpaired) electrons. The fourth-order valence-corrected chi connectivity index (χ4v) is 4.94. The number of hydrogen-bond acceptors (Lipinski definition) is 1. The summed E-state index contributed by atoms with van der Waals surface area (Å²) in [5, 5.41) is 0. The van der Waals surface area contributed by atoms with E-state index in [1.165, 1.54) is 33.8 Å². The predicted octanol–water partition coefficient (Wildman–Crippen LogP) is 8.43. The van der Waals surface area contributed by atoms with E-state index in [9.17, 15) is 0 Å². The molecule has 1 heteroatoms. The largest absolute Gasteiger partial charge is 0.314 e. The number of anilines is 2. The summed E-state index contributed by atoms with van der Waals surface area (Å²) in [7, 11) is 0. The van der Waals surface area contributed by atoms with E-state index >= 15 is 0 Å². The van der Waals surface area contributed by atoms with Crippen LogP contribution in [0.2, 0.25) is 0 Å². The van der Waals surface area contributed by atoms with Crippen LogP contribution < -0.4 is 4.90 Å². The number of fused-ring (bicyclic) bond motifs is 1. The Morgan fingerprint density at radius 3 is 2.07 bits per heavy atom. The Labute approximate surface area is 183 Å². The number of allylic oxidation sites excluding steroid dienone is 4. The molecule has 30 heavy (non-hydrogen) atoms. The van der Waals surface area contributed by atoms with Crippen LogP contribution in [-0.4, -0.2) is 0 Å². The third-order valence-electron chi connectivity index (χ3n) is 6.96. The molecule has 1 nitrogen and oxygen atoms in total. The van der Waals surface area contributed by atoms with Crippen molar-refractivity contribution in [3.63, 3.8) is 0 Å². The average molecular weight is 400 g/mol. The maximum atomic E-state index is 2.53. The highest BCUT2D eigenvalue weighted by atomic mass is 15.2. The lowest BCUT2D eigenvalue weighted by Gasteiger charge is -2.46. The van der Waals surface area contributed by atoms with Gasteiger partial charge in [0.2, 0.25) is 0 Å². The topological polar surface area (TPSA) is 3.24 Å². The molecule has 1 aliphatic heterocycles. The standard InChI is InChI=1S/C29H37N/c1-27(2,3)20-14-16-25-23(18-20)29(7,8)24-19-21(28(4,5)6)15-17-26(24)30(25)22-12-10-9-11-13-22/h9-14,16,18-19H,15,17H2,1-8H3. The fraction of sp³-hybridized carbons (Fsp3) is 0.448. The summed E-state index contributed by atoms with van der Waals surface area (Å²) in [6.07, 6.45) is 4.76. The quantitative estimate of drug-likeness (QED) is 0.465.